The molecule has 150 valence electrons. The average Bonchev–Trinajstić information content (AvgIpc) is 2.88. The average molecular weight is 483 g/mol. The molecule has 0 bridgehead atoms. The van der Waals surface area contributed by atoms with Crippen LogP contribution < -0.4 is 0 Å². The summed E-state index contributed by atoms with van der Waals surface area (Å²) in [6.45, 7) is 7.63. The van der Waals surface area contributed by atoms with E-state index in [0.717, 1.165) is 55.1 Å². The Balaban J connectivity index is 0.00000140. The molecule has 6 heteroatoms. The highest BCUT2D eigenvalue weighted by molar-refractivity contribution is 9.10. The van der Waals surface area contributed by atoms with Crippen LogP contribution in [0.3, 0.4) is 0 Å². The topological polar surface area (TPSA) is 18.8 Å². The van der Waals surface area contributed by atoms with Gasteiger partial charge in [0.1, 0.15) is 5.84 Å². The number of aliphatic imine (C=N–C) groups is 1. The first-order chi connectivity index (χ1) is 12.7. The molecule has 2 aromatic rings. The zero-order chi connectivity index (χ0) is 17.9. The number of rotatable bonds is 2. The third kappa shape index (κ3) is 4.98. The smallest absolute Gasteiger partial charge is 0.136 e. The Morgan fingerprint density at radius 1 is 0.964 bits per heavy atom. The molecule has 0 radical (unpaired) electrons. The van der Waals surface area contributed by atoms with Crippen molar-refractivity contribution < 1.29 is 0 Å². The maximum absolute atomic E-state index is 5.15. The van der Waals surface area contributed by atoms with Gasteiger partial charge in [0, 0.05) is 36.2 Å². The Kier molecular flexibility index (Phi) is 8.56. The summed E-state index contributed by atoms with van der Waals surface area (Å²) in [6.07, 6.45) is 3.25. The molecule has 2 aliphatic rings. The molecular formula is C22H26BrCl2N3. The van der Waals surface area contributed by atoms with Crippen LogP contribution in [0.15, 0.2) is 64.1 Å². The molecular weight excluding hydrogens is 457 g/mol. The van der Waals surface area contributed by atoms with E-state index in [1.54, 1.807) is 0 Å². The molecule has 0 aliphatic carbocycles. The van der Waals surface area contributed by atoms with Crippen LogP contribution in [0.25, 0.3) is 5.57 Å². The Hall–Kier alpha value is -1.33. The summed E-state index contributed by atoms with van der Waals surface area (Å²) >= 11 is 3.60. The van der Waals surface area contributed by atoms with Gasteiger partial charge in [0.15, 0.2) is 0 Å². The zero-order valence-corrected chi connectivity index (χ0v) is 19.2. The quantitative estimate of drug-likeness (QED) is 0.554. The molecule has 0 saturated carbocycles. The van der Waals surface area contributed by atoms with Crippen LogP contribution in [0.1, 0.15) is 18.1 Å². The minimum Gasteiger partial charge on any atom is -0.354 e. The van der Waals surface area contributed by atoms with Gasteiger partial charge in [-0.2, -0.15) is 0 Å². The molecule has 0 unspecified atom stereocenters. The lowest BCUT2D eigenvalue weighted by atomic mass is 10.0. The van der Waals surface area contributed by atoms with Crippen LogP contribution in [0.2, 0.25) is 0 Å². The minimum absolute atomic E-state index is 0. The van der Waals surface area contributed by atoms with E-state index in [-0.39, 0.29) is 24.8 Å². The van der Waals surface area contributed by atoms with Crippen molar-refractivity contribution in [3.05, 3.63) is 70.2 Å². The van der Waals surface area contributed by atoms with Crippen molar-refractivity contribution in [2.45, 2.75) is 13.3 Å². The second-order valence-electron chi connectivity index (χ2n) is 6.82. The lowest BCUT2D eigenvalue weighted by Gasteiger charge is -2.36. The molecule has 1 fully saturated rings. The fourth-order valence-electron chi connectivity index (χ4n) is 3.69. The molecule has 28 heavy (non-hydrogen) atoms. The zero-order valence-electron chi connectivity index (χ0n) is 16.0. The van der Waals surface area contributed by atoms with E-state index < -0.39 is 0 Å². The standard InChI is InChI=1S/C22H24BrN3.2ClH/c1-2-25-12-14-26(15-13-25)22-20(17-6-4-3-5-7-17)10-8-18-16-19(23)9-11-21(18)24-22;;/h3-7,9-11,16H,2,8,12-15H2,1H3;2*1H. The predicted molar refractivity (Wildman–Crippen MR) is 128 cm³/mol. The number of fused-ring (bicyclic) bond motifs is 1. The second-order valence-corrected chi connectivity index (χ2v) is 7.73. The first-order valence-electron chi connectivity index (χ1n) is 9.35. The van der Waals surface area contributed by atoms with Gasteiger partial charge >= 0.3 is 0 Å². The predicted octanol–water partition coefficient (Wildman–Crippen LogP) is 5.60. The number of allylic oxidation sites excluding steroid dienone is 1. The second kappa shape index (κ2) is 10.4. The number of hydrogen-bond acceptors (Lipinski definition) is 3. The van der Waals surface area contributed by atoms with Crippen LogP contribution in [0.5, 0.6) is 0 Å². The van der Waals surface area contributed by atoms with Gasteiger partial charge in [-0.3, -0.25) is 0 Å². The Morgan fingerprint density at radius 2 is 1.68 bits per heavy atom. The summed E-state index contributed by atoms with van der Waals surface area (Å²) in [4.78, 5) is 10.1. The van der Waals surface area contributed by atoms with E-state index in [0.29, 0.717) is 0 Å². The SMILES string of the molecule is CCN1CCN(C2=Nc3ccc(Br)cc3CC=C2c2ccccc2)CC1.Cl.Cl. The summed E-state index contributed by atoms with van der Waals surface area (Å²) in [6, 6.07) is 17.1. The fraction of sp³-hybridized carbons (Fsp3) is 0.318. The number of nitrogens with zero attached hydrogens (tertiary/aromatic N) is 3. The number of hydrogen-bond donors (Lipinski definition) is 0. The Bertz CT molecular complexity index is 844. The van der Waals surface area contributed by atoms with Crippen LogP contribution >= 0.6 is 40.7 Å². The molecule has 3 nitrogen and oxygen atoms in total. The molecule has 2 aromatic carbocycles. The molecule has 0 spiro atoms. The van der Waals surface area contributed by atoms with Crippen LogP contribution in [0, 0.1) is 0 Å². The number of halogens is 3. The van der Waals surface area contributed by atoms with Gasteiger partial charge in [-0.05, 0) is 42.3 Å². The van der Waals surface area contributed by atoms with Crippen LogP contribution in [-0.4, -0.2) is 48.4 Å². The normalized spacial score (nSPS) is 16.7. The van der Waals surface area contributed by atoms with Gasteiger partial charge < -0.3 is 9.80 Å². The number of piperazine rings is 1. The number of amidine groups is 1. The van der Waals surface area contributed by atoms with E-state index >= 15 is 0 Å². The summed E-state index contributed by atoms with van der Waals surface area (Å²) in [5.74, 6) is 1.12. The molecule has 2 heterocycles. The fourth-order valence-corrected chi connectivity index (χ4v) is 4.09. The lowest BCUT2D eigenvalue weighted by Crippen LogP contribution is -2.48. The van der Waals surface area contributed by atoms with Gasteiger partial charge in [-0.1, -0.05) is 59.3 Å². The number of likely N-dealkylation sites (N-methyl/N-ethyl adjacent to an activating group) is 1. The molecule has 4 rings (SSSR count). The Labute approximate surface area is 188 Å². The maximum atomic E-state index is 5.15. The van der Waals surface area contributed by atoms with E-state index in [1.165, 1.54) is 16.7 Å². The maximum Gasteiger partial charge on any atom is 0.136 e. The van der Waals surface area contributed by atoms with Gasteiger partial charge in [0.05, 0.1) is 5.69 Å². The van der Waals surface area contributed by atoms with E-state index in [2.05, 4.69) is 87.3 Å². The summed E-state index contributed by atoms with van der Waals surface area (Å²) in [7, 11) is 0. The third-order valence-corrected chi connectivity index (χ3v) is 5.73. The molecule has 0 amide bonds. The van der Waals surface area contributed by atoms with Gasteiger partial charge in [0.25, 0.3) is 0 Å². The molecule has 0 atom stereocenters. The molecule has 0 aromatic heterocycles. The van der Waals surface area contributed by atoms with Crippen molar-refractivity contribution in [2.24, 2.45) is 4.99 Å². The van der Waals surface area contributed by atoms with Crippen molar-refractivity contribution in [3.8, 4) is 0 Å². The van der Waals surface area contributed by atoms with Crippen molar-refractivity contribution in [1.82, 2.24) is 9.80 Å². The largest absolute Gasteiger partial charge is 0.354 e. The van der Waals surface area contributed by atoms with E-state index in [9.17, 15) is 0 Å². The van der Waals surface area contributed by atoms with Gasteiger partial charge in [-0.25, -0.2) is 4.99 Å². The number of benzene rings is 2. The third-order valence-electron chi connectivity index (χ3n) is 5.24. The van der Waals surface area contributed by atoms with Crippen molar-refractivity contribution in [1.29, 1.82) is 0 Å². The summed E-state index contributed by atoms with van der Waals surface area (Å²) in [5, 5.41) is 0. The highest BCUT2D eigenvalue weighted by Crippen LogP contribution is 2.31. The van der Waals surface area contributed by atoms with Crippen LogP contribution in [-0.2, 0) is 6.42 Å². The molecule has 0 N–H and O–H groups in total. The van der Waals surface area contributed by atoms with Crippen molar-refractivity contribution in [3.63, 3.8) is 0 Å². The van der Waals surface area contributed by atoms with Gasteiger partial charge in [0.2, 0.25) is 0 Å². The minimum atomic E-state index is 0. The summed E-state index contributed by atoms with van der Waals surface area (Å²) < 4.78 is 1.11. The van der Waals surface area contributed by atoms with Gasteiger partial charge in [-0.15, -0.1) is 24.8 Å². The van der Waals surface area contributed by atoms with Crippen molar-refractivity contribution in [2.75, 3.05) is 32.7 Å². The van der Waals surface area contributed by atoms with Crippen LogP contribution in [0.4, 0.5) is 5.69 Å². The first kappa shape index (κ1) is 23.0. The lowest BCUT2D eigenvalue weighted by molar-refractivity contribution is 0.191. The van der Waals surface area contributed by atoms with E-state index in [4.69, 9.17) is 4.99 Å². The summed E-state index contributed by atoms with van der Waals surface area (Å²) in [5.41, 5.74) is 4.86. The monoisotopic (exact) mass is 481 g/mol. The Morgan fingerprint density at radius 3 is 2.36 bits per heavy atom. The highest BCUT2D eigenvalue weighted by atomic mass is 79.9. The van der Waals surface area contributed by atoms with E-state index in [1.807, 2.05) is 0 Å². The highest BCUT2D eigenvalue weighted by Gasteiger charge is 2.24. The molecule has 1 saturated heterocycles. The first-order valence-corrected chi connectivity index (χ1v) is 10.1. The van der Waals surface area contributed by atoms with Crippen molar-refractivity contribution >= 4 is 57.8 Å². The molecule has 2 aliphatic heterocycles.